The minimum atomic E-state index is -0.412. The molecule has 0 aliphatic carbocycles. The molecule has 0 saturated heterocycles. The highest BCUT2D eigenvalue weighted by Gasteiger charge is 2.09. The molecule has 0 N–H and O–H groups in total. The van der Waals surface area contributed by atoms with Crippen LogP contribution in [0.25, 0.3) is 10.4 Å². The van der Waals surface area contributed by atoms with E-state index in [-0.39, 0.29) is 0 Å². The molecule has 0 fully saturated rings. The molecular weight excluding hydrogens is 378 g/mol. The lowest BCUT2D eigenvalue weighted by atomic mass is 10.0. The highest BCUT2D eigenvalue weighted by Crippen LogP contribution is 2.25. The third-order valence-corrected chi connectivity index (χ3v) is 5.67. The van der Waals surface area contributed by atoms with Gasteiger partial charge in [0.1, 0.15) is 0 Å². The summed E-state index contributed by atoms with van der Waals surface area (Å²) in [6, 6.07) is 21.7. The van der Waals surface area contributed by atoms with Crippen LogP contribution in [0.4, 0.5) is 0 Å². The average molecular weight is 406 g/mol. The van der Waals surface area contributed by atoms with Crippen molar-refractivity contribution in [1.29, 1.82) is 0 Å². The van der Waals surface area contributed by atoms with Crippen molar-refractivity contribution in [3.8, 4) is 10.4 Å². The zero-order valence-electron chi connectivity index (χ0n) is 16.8. The highest BCUT2D eigenvalue weighted by molar-refractivity contribution is 7.13. The van der Waals surface area contributed by atoms with E-state index in [1.165, 1.54) is 35.3 Å². The van der Waals surface area contributed by atoms with Crippen molar-refractivity contribution in [3.05, 3.63) is 83.2 Å². The number of nitrogens with zero attached hydrogens (tertiary/aromatic N) is 1. The summed E-state index contributed by atoms with van der Waals surface area (Å²) in [6.45, 7) is 2.20. The molecule has 0 aliphatic heterocycles. The van der Waals surface area contributed by atoms with Gasteiger partial charge < -0.3 is 4.84 Å². The molecule has 3 nitrogen and oxygen atoms in total. The lowest BCUT2D eigenvalue weighted by Gasteiger charge is -2.08. The van der Waals surface area contributed by atoms with Crippen molar-refractivity contribution in [2.75, 3.05) is 0 Å². The first-order chi connectivity index (χ1) is 14.3. The maximum atomic E-state index is 12.2. The minimum absolute atomic E-state index is 0.412. The summed E-state index contributed by atoms with van der Waals surface area (Å²) in [4.78, 5) is 18.7. The van der Waals surface area contributed by atoms with E-state index in [0.29, 0.717) is 12.0 Å². The zero-order valence-corrected chi connectivity index (χ0v) is 17.7. The van der Waals surface area contributed by atoms with Crippen LogP contribution in [0.3, 0.4) is 0 Å². The van der Waals surface area contributed by atoms with Crippen LogP contribution >= 0.6 is 11.3 Å². The molecule has 150 valence electrons. The Balaban J connectivity index is 1.66. The van der Waals surface area contributed by atoms with Gasteiger partial charge in [0.25, 0.3) is 0 Å². The average Bonchev–Trinajstić information content (AvgIpc) is 3.30. The second-order valence-electron chi connectivity index (χ2n) is 7.06. The van der Waals surface area contributed by atoms with Crippen LogP contribution in [-0.4, -0.2) is 11.7 Å². The van der Waals surface area contributed by atoms with E-state index in [0.717, 1.165) is 18.6 Å². The molecule has 29 heavy (non-hydrogen) atoms. The van der Waals surface area contributed by atoms with E-state index in [9.17, 15) is 4.79 Å². The number of rotatable bonds is 10. The van der Waals surface area contributed by atoms with Crippen molar-refractivity contribution >= 4 is 23.0 Å². The smallest absolute Gasteiger partial charge is 0.313 e. The molecular formula is C25H27NO2S. The van der Waals surface area contributed by atoms with Gasteiger partial charge in [0.2, 0.25) is 0 Å². The summed E-state index contributed by atoms with van der Waals surface area (Å²) in [5, 5.41) is 6.32. The first-order valence-electron chi connectivity index (χ1n) is 10.2. The van der Waals surface area contributed by atoms with Crippen LogP contribution in [0, 0.1) is 0 Å². The van der Waals surface area contributed by atoms with E-state index >= 15 is 0 Å². The molecule has 2 aromatic carbocycles. The maximum Gasteiger partial charge on any atom is 0.365 e. The van der Waals surface area contributed by atoms with E-state index in [4.69, 9.17) is 4.84 Å². The number of thiophene rings is 1. The molecule has 0 atom stereocenters. The molecule has 0 unspecified atom stereocenters. The van der Waals surface area contributed by atoms with Gasteiger partial charge in [-0.3, -0.25) is 0 Å². The van der Waals surface area contributed by atoms with Crippen LogP contribution in [0.1, 0.15) is 54.9 Å². The predicted molar refractivity (Wildman–Crippen MR) is 122 cm³/mol. The van der Waals surface area contributed by atoms with Gasteiger partial charge in [-0.25, -0.2) is 4.79 Å². The summed E-state index contributed by atoms with van der Waals surface area (Å²) in [6.07, 6.45) is 6.17. The number of oxime groups is 1. The molecule has 0 spiro atoms. The van der Waals surface area contributed by atoms with E-state index in [1.807, 2.05) is 18.2 Å². The molecule has 0 radical (unpaired) electrons. The van der Waals surface area contributed by atoms with Crippen LogP contribution in [0.2, 0.25) is 0 Å². The first kappa shape index (κ1) is 21.0. The highest BCUT2D eigenvalue weighted by atomic mass is 32.1. The van der Waals surface area contributed by atoms with Gasteiger partial charge in [0.05, 0.1) is 11.3 Å². The second-order valence-corrected chi connectivity index (χ2v) is 8.01. The number of unbranched alkanes of at least 4 members (excludes halogenated alkanes) is 3. The van der Waals surface area contributed by atoms with Crippen molar-refractivity contribution in [3.63, 3.8) is 0 Å². The van der Waals surface area contributed by atoms with Crippen LogP contribution in [-0.2, 0) is 11.3 Å². The van der Waals surface area contributed by atoms with Gasteiger partial charge in [-0.1, -0.05) is 79.9 Å². The summed E-state index contributed by atoms with van der Waals surface area (Å²) in [7, 11) is 0. The molecule has 0 bridgehead atoms. The summed E-state index contributed by atoms with van der Waals surface area (Å²) >= 11 is 1.74. The summed E-state index contributed by atoms with van der Waals surface area (Å²) in [5.74, 6) is -0.412. The minimum Gasteiger partial charge on any atom is -0.313 e. The molecule has 0 saturated carbocycles. The number of carbonyl (C=O) groups excluding carboxylic acids is 1. The Labute approximate surface area is 177 Å². The fourth-order valence-corrected chi connectivity index (χ4v) is 3.85. The third kappa shape index (κ3) is 6.68. The normalized spacial score (nSPS) is 11.4. The Morgan fingerprint density at radius 1 is 0.931 bits per heavy atom. The van der Waals surface area contributed by atoms with Gasteiger partial charge in [0.15, 0.2) is 0 Å². The van der Waals surface area contributed by atoms with Crippen molar-refractivity contribution in [2.24, 2.45) is 5.16 Å². The largest absolute Gasteiger partial charge is 0.365 e. The SMILES string of the molecule is CCCCCCC(Cc1ccc(-c2cccs2)cc1)=NOC(=O)c1ccccc1. The summed E-state index contributed by atoms with van der Waals surface area (Å²) in [5.41, 5.74) is 3.83. The van der Waals surface area contributed by atoms with Crippen molar-refractivity contribution in [2.45, 2.75) is 45.4 Å². The zero-order chi connectivity index (χ0) is 20.3. The third-order valence-electron chi connectivity index (χ3n) is 4.75. The standard InChI is InChI=1S/C25H27NO2S/c1-2-3-4-8-12-23(26-28-25(27)22-10-6-5-7-11-22)19-20-14-16-21(17-15-20)24-13-9-18-29-24/h5-7,9-11,13-18H,2-4,8,12,19H2,1H3. The fourth-order valence-electron chi connectivity index (χ4n) is 3.12. The number of carbonyl (C=O) groups is 1. The fraction of sp³-hybridized carbons (Fsp3) is 0.280. The molecule has 4 heteroatoms. The lowest BCUT2D eigenvalue weighted by Crippen LogP contribution is -2.08. The maximum absolute atomic E-state index is 12.2. The van der Waals surface area contributed by atoms with E-state index < -0.39 is 5.97 Å². The monoisotopic (exact) mass is 405 g/mol. The van der Waals surface area contributed by atoms with Crippen LogP contribution in [0.5, 0.6) is 0 Å². The molecule has 3 rings (SSSR count). The Hall–Kier alpha value is -2.72. The van der Waals surface area contributed by atoms with E-state index in [2.05, 4.69) is 53.9 Å². The van der Waals surface area contributed by atoms with Gasteiger partial charge in [-0.15, -0.1) is 11.3 Å². The first-order valence-corrected chi connectivity index (χ1v) is 11.1. The molecule has 1 aromatic heterocycles. The van der Waals surface area contributed by atoms with Gasteiger partial charge in [-0.2, -0.15) is 0 Å². The van der Waals surface area contributed by atoms with Crippen LogP contribution in [0.15, 0.2) is 77.3 Å². The topological polar surface area (TPSA) is 38.7 Å². The Morgan fingerprint density at radius 2 is 1.72 bits per heavy atom. The molecule has 0 amide bonds. The van der Waals surface area contributed by atoms with Crippen molar-refractivity contribution in [1.82, 2.24) is 0 Å². The molecule has 3 aromatic rings. The Morgan fingerprint density at radius 3 is 2.41 bits per heavy atom. The molecule has 1 heterocycles. The summed E-state index contributed by atoms with van der Waals surface area (Å²) < 4.78 is 0. The quantitative estimate of drug-likeness (QED) is 0.156. The van der Waals surface area contributed by atoms with Gasteiger partial charge in [0, 0.05) is 11.3 Å². The number of benzene rings is 2. The van der Waals surface area contributed by atoms with Gasteiger partial charge in [-0.05, 0) is 47.5 Å². The Bertz CT molecular complexity index is 900. The Kier molecular flexibility index (Phi) is 8.20. The molecule has 0 aliphatic rings. The van der Waals surface area contributed by atoms with Gasteiger partial charge >= 0.3 is 5.97 Å². The number of hydrogen-bond donors (Lipinski definition) is 0. The van der Waals surface area contributed by atoms with Crippen LogP contribution < -0.4 is 0 Å². The predicted octanol–water partition coefficient (Wildman–Crippen LogP) is 7.14. The second kappa shape index (κ2) is 11.3. The van der Waals surface area contributed by atoms with Crippen molar-refractivity contribution < 1.29 is 9.63 Å². The van der Waals surface area contributed by atoms with E-state index in [1.54, 1.807) is 23.5 Å². The number of hydrogen-bond acceptors (Lipinski definition) is 4. The lowest BCUT2D eigenvalue weighted by molar-refractivity contribution is 0.0514.